The first-order valence-electron chi connectivity index (χ1n) is 14.3. The van der Waals surface area contributed by atoms with Gasteiger partial charge in [0.05, 0.1) is 33.9 Å². The molecule has 0 aromatic heterocycles. The van der Waals surface area contributed by atoms with E-state index in [-0.39, 0.29) is 30.9 Å². The number of likely N-dealkylation sites (tertiary alicyclic amines) is 1. The summed E-state index contributed by atoms with van der Waals surface area (Å²) >= 11 is 8.07. The van der Waals surface area contributed by atoms with Crippen molar-refractivity contribution in [2.24, 2.45) is 11.8 Å². The fourth-order valence-electron chi connectivity index (χ4n) is 7.01. The normalized spacial score (nSPS) is 30.2. The van der Waals surface area contributed by atoms with E-state index in [0.29, 0.717) is 36.8 Å². The van der Waals surface area contributed by atoms with Gasteiger partial charge in [0.1, 0.15) is 11.8 Å². The number of hydrogen-bond acceptors (Lipinski definition) is 6. The Bertz CT molecular complexity index is 1460. The lowest BCUT2D eigenvalue weighted by molar-refractivity contribution is -0.139. The molecular weight excluding hydrogens is 574 g/mol. The van der Waals surface area contributed by atoms with E-state index < -0.39 is 27.4 Å². The number of para-hydroxylation sites is 1. The first-order chi connectivity index (χ1) is 20.3. The lowest BCUT2D eigenvalue weighted by Gasteiger charge is -2.37. The number of benzene rings is 2. The minimum absolute atomic E-state index is 0.117. The summed E-state index contributed by atoms with van der Waals surface area (Å²) < 4.78 is 3.90. The van der Waals surface area contributed by atoms with Crippen LogP contribution in [0.2, 0.25) is 5.02 Å². The van der Waals surface area contributed by atoms with Gasteiger partial charge in [0, 0.05) is 36.7 Å². The molecule has 10 heteroatoms. The van der Waals surface area contributed by atoms with Gasteiger partial charge >= 0.3 is 0 Å². The third-order valence-electron chi connectivity index (χ3n) is 8.72. The van der Waals surface area contributed by atoms with Gasteiger partial charge in [-0.2, -0.15) is 0 Å². The molecule has 0 saturated carbocycles. The first kappa shape index (κ1) is 28.8. The predicted molar refractivity (Wildman–Crippen MR) is 165 cm³/mol. The molecule has 5 atom stereocenters. The molecular formula is C32H34ClN3O5S. The summed E-state index contributed by atoms with van der Waals surface area (Å²) in [6.07, 6.45) is 8.27. The number of aliphatic hydroxyl groups excluding tert-OH is 1. The van der Waals surface area contributed by atoms with Gasteiger partial charge in [-0.05, 0) is 56.7 Å². The molecule has 2 fully saturated rings. The number of aliphatic hydroxyl groups is 1. The van der Waals surface area contributed by atoms with Crippen LogP contribution in [0.15, 0.2) is 72.8 Å². The summed E-state index contributed by atoms with van der Waals surface area (Å²) in [6, 6.07) is 13.7. The first-order valence-corrected chi connectivity index (χ1v) is 15.5. The highest BCUT2D eigenvalue weighted by atomic mass is 35.5. The van der Waals surface area contributed by atoms with Crippen molar-refractivity contribution in [3.63, 3.8) is 0 Å². The van der Waals surface area contributed by atoms with Crippen LogP contribution in [0, 0.1) is 11.8 Å². The number of carbonyl (C=O) groups is 3. The van der Waals surface area contributed by atoms with Crippen LogP contribution in [0.3, 0.4) is 0 Å². The van der Waals surface area contributed by atoms with E-state index in [1.54, 1.807) is 26.8 Å². The Kier molecular flexibility index (Phi) is 7.62. The van der Waals surface area contributed by atoms with Gasteiger partial charge in [-0.1, -0.05) is 48.0 Å². The molecule has 220 valence electrons. The summed E-state index contributed by atoms with van der Waals surface area (Å²) in [5.74, 6) is -1.37. The summed E-state index contributed by atoms with van der Waals surface area (Å²) in [4.78, 5) is 48.4. The second-order valence-electron chi connectivity index (χ2n) is 11.2. The molecule has 2 aromatic rings. The molecule has 4 aliphatic rings. The quantitative estimate of drug-likeness (QED) is 0.472. The number of thioether (sulfide) groups is 1. The van der Waals surface area contributed by atoms with E-state index in [0.717, 1.165) is 11.4 Å². The highest BCUT2D eigenvalue weighted by Crippen LogP contribution is 2.65. The van der Waals surface area contributed by atoms with Crippen LogP contribution >= 0.6 is 23.4 Å². The smallest absolute Gasteiger partial charge is 0.251 e. The van der Waals surface area contributed by atoms with Crippen molar-refractivity contribution >= 4 is 52.5 Å². The largest absolute Gasteiger partial charge is 0.494 e. The predicted octanol–water partition coefficient (Wildman–Crippen LogP) is 4.31. The SMILES string of the molecule is CCOc1ccc(N2CC=C[C@]3(C)S[C@]45C=CCN(c6ccccc6Cl)C(=O)C4N(CCCO)C(=O)[C@@H]5[C@@H]3C2=O)cc1. The van der Waals surface area contributed by atoms with Gasteiger partial charge in [-0.3, -0.25) is 14.4 Å². The Morgan fingerprint density at radius 1 is 0.952 bits per heavy atom. The second kappa shape index (κ2) is 11.1. The fourth-order valence-corrected chi connectivity index (χ4v) is 9.41. The lowest BCUT2D eigenvalue weighted by Crippen LogP contribution is -2.53. The number of ether oxygens (including phenoxy) is 1. The topological polar surface area (TPSA) is 90.4 Å². The van der Waals surface area contributed by atoms with Gasteiger partial charge in [0.15, 0.2) is 0 Å². The van der Waals surface area contributed by atoms with Crippen molar-refractivity contribution in [2.45, 2.75) is 35.8 Å². The van der Waals surface area contributed by atoms with Gasteiger partial charge in [0.2, 0.25) is 11.8 Å². The number of carbonyl (C=O) groups excluding carboxylic acids is 3. The minimum Gasteiger partial charge on any atom is -0.494 e. The zero-order valence-corrected chi connectivity index (χ0v) is 25.2. The standard InChI is InChI=1S/C32H34ClN3O5S/c1-3-41-22-13-11-21(12-14-22)34-17-6-15-31(2)25(28(34)38)26-29(39)36(19-8-20-37)27-30(40)35(18-7-16-32(26,27)42-31)24-10-5-4-9-23(24)33/h4-7,9-16,25-27,37H,3,8,17-20H2,1-2H3/t25-,26+,27?,31+,32+/m1/s1. The highest BCUT2D eigenvalue weighted by molar-refractivity contribution is 8.02. The minimum atomic E-state index is -0.971. The van der Waals surface area contributed by atoms with Gasteiger partial charge in [-0.25, -0.2) is 0 Å². The van der Waals surface area contributed by atoms with Gasteiger partial charge in [-0.15, -0.1) is 11.8 Å². The monoisotopic (exact) mass is 607 g/mol. The Labute approximate surface area is 254 Å². The average molecular weight is 608 g/mol. The lowest BCUT2D eigenvalue weighted by atomic mass is 9.74. The molecule has 4 heterocycles. The maximum absolute atomic E-state index is 14.5. The van der Waals surface area contributed by atoms with Crippen LogP contribution in [-0.2, 0) is 14.4 Å². The number of amides is 3. The van der Waals surface area contributed by atoms with Crippen LogP contribution < -0.4 is 14.5 Å². The van der Waals surface area contributed by atoms with E-state index in [9.17, 15) is 19.5 Å². The number of fused-ring (bicyclic) bond motifs is 2. The van der Waals surface area contributed by atoms with Gasteiger partial charge < -0.3 is 24.5 Å². The Morgan fingerprint density at radius 3 is 2.38 bits per heavy atom. The molecule has 1 N–H and O–H groups in total. The number of nitrogens with zero attached hydrogens (tertiary/aromatic N) is 3. The summed E-state index contributed by atoms with van der Waals surface area (Å²) in [7, 11) is 0. The third-order valence-corrected chi connectivity index (χ3v) is 10.8. The van der Waals surface area contributed by atoms with Crippen molar-refractivity contribution in [1.29, 1.82) is 0 Å². The van der Waals surface area contributed by atoms with E-state index in [2.05, 4.69) is 0 Å². The molecule has 1 spiro atoms. The van der Waals surface area contributed by atoms with Crippen LogP contribution in [0.5, 0.6) is 5.75 Å². The van der Waals surface area contributed by atoms with E-state index in [1.807, 2.05) is 74.5 Å². The van der Waals surface area contributed by atoms with Gasteiger partial charge in [0.25, 0.3) is 5.91 Å². The van der Waals surface area contributed by atoms with Crippen molar-refractivity contribution in [3.05, 3.63) is 77.9 Å². The summed E-state index contributed by atoms with van der Waals surface area (Å²) in [5.41, 5.74) is 1.30. The maximum atomic E-state index is 14.5. The van der Waals surface area contributed by atoms with Crippen LogP contribution in [-0.4, -0.2) is 76.1 Å². The third kappa shape index (κ3) is 4.44. The summed E-state index contributed by atoms with van der Waals surface area (Å²) in [6.45, 7) is 5.23. The molecule has 0 aliphatic carbocycles. The van der Waals surface area contributed by atoms with E-state index in [1.165, 1.54) is 11.8 Å². The zero-order valence-electron chi connectivity index (χ0n) is 23.6. The Hall–Kier alpha value is -3.27. The molecule has 3 amide bonds. The van der Waals surface area contributed by atoms with Crippen molar-refractivity contribution in [2.75, 3.05) is 42.6 Å². The number of anilines is 2. The number of halogens is 1. The molecule has 2 saturated heterocycles. The molecule has 42 heavy (non-hydrogen) atoms. The second-order valence-corrected chi connectivity index (χ2v) is 13.4. The molecule has 6 rings (SSSR count). The Morgan fingerprint density at radius 2 is 1.67 bits per heavy atom. The molecule has 1 unspecified atom stereocenters. The molecule has 0 bridgehead atoms. The van der Waals surface area contributed by atoms with Crippen LogP contribution in [0.25, 0.3) is 0 Å². The molecule has 2 aromatic carbocycles. The average Bonchev–Trinajstić information content (AvgIpc) is 3.24. The Balaban J connectivity index is 1.43. The fraction of sp³-hybridized carbons (Fsp3) is 0.406. The van der Waals surface area contributed by atoms with Crippen molar-refractivity contribution in [1.82, 2.24) is 4.90 Å². The molecule has 4 aliphatic heterocycles. The van der Waals surface area contributed by atoms with Crippen molar-refractivity contribution in [3.8, 4) is 5.75 Å². The summed E-state index contributed by atoms with van der Waals surface area (Å²) in [5, 5.41) is 10.1. The molecule has 8 nitrogen and oxygen atoms in total. The van der Waals surface area contributed by atoms with Crippen molar-refractivity contribution < 1.29 is 24.2 Å². The van der Waals surface area contributed by atoms with E-state index in [4.69, 9.17) is 16.3 Å². The van der Waals surface area contributed by atoms with Crippen LogP contribution in [0.4, 0.5) is 11.4 Å². The molecule has 0 radical (unpaired) electrons. The zero-order chi connectivity index (χ0) is 29.6. The number of hydrogen-bond donors (Lipinski definition) is 1. The maximum Gasteiger partial charge on any atom is 0.251 e. The number of rotatable bonds is 7. The van der Waals surface area contributed by atoms with E-state index >= 15 is 0 Å². The highest BCUT2D eigenvalue weighted by Gasteiger charge is 2.74. The van der Waals surface area contributed by atoms with Crippen LogP contribution in [0.1, 0.15) is 20.3 Å².